The van der Waals surface area contributed by atoms with Crippen LogP contribution in [0.15, 0.2) is 29.6 Å². The van der Waals surface area contributed by atoms with Gasteiger partial charge in [0.1, 0.15) is 0 Å². The van der Waals surface area contributed by atoms with Gasteiger partial charge in [0.15, 0.2) is 0 Å². The monoisotopic (exact) mass is 178 g/mol. The van der Waals surface area contributed by atoms with Crippen LogP contribution in [0.3, 0.4) is 0 Å². The van der Waals surface area contributed by atoms with Gasteiger partial charge in [-0.3, -0.25) is 4.98 Å². The number of pyridine rings is 1. The van der Waals surface area contributed by atoms with Crippen LogP contribution in [0.2, 0.25) is 0 Å². The van der Waals surface area contributed by atoms with Crippen LogP contribution in [-0.2, 0) is 0 Å². The van der Waals surface area contributed by atoms with Gasteiger partial charge >= 0.3 is 0 Å². The van der Waals surface area contributed by atoms with Gasteiger partial charge in [-0.25, -0.2) is 0 Å². The van der Waals surface area contributed by atoms with E-state index < -0.39 is 0 Å². The molecule has 0 aliphatic heterocycles. The smallest absolute Gasteiger partial charge is 0.0648 e. The third-order valence-electron chi connectivity index (χ3n) is 1.68. The van der Waals surface area contributed by atoms with E-state index in [1.54, 1.807) is 24.5 Å². The molecule has 0 aliphatic rings. The average Bonchev–Trinajstić information content (AvgIpc) is 2.19. The van der Waals surface area contributed by atoms with E-state index in [4.69, 9.17) is 10.6 Å². The Kier molecular flexibility index (Phi) is 3.75. The number of hydrogen-bond donors (Lipinski definition) is 1. The Hall–Kier alpha value is -1.58. The first-order valence-electron chi connectivity index (χ1n) is 3.93. The molecule has 68 valence electrons. The SMILES string of the molecule is [N-]=[N+]=NC(CCO)c1ccncc1. The summed E-state index contributed by atoms with van der Waals surface area (Å²) in [5.74, 6) is 0. The second-order valence-electron chi connectivity index (χ2n) is 2.51. The predicted octanol–water partition coefficient (Wildman–Crippen LogP) is 1.82. The fourth-order valence-electron chi connectivity index (χ4n) is 1.06. The minimum absolute atomic E-state index is 0.00596. The molecule has 1 rings (SSSR count). The van der Waals surface area contributed by atoms with Crippen LogP contribution in [0.25, 0.3) is 10.4 Å². The third kappa shape index (κ3) is 2.74. The summed E-state index contributed by atoms with van der Waals surface area (Å²) < 4.78 is 0. The summed E-state index contributed by atoms with van der Waals surface area (Å²) in [5, 5.41) is 12.3. The molecule has 1 unspecified atom stereocenters. The van der Waals surface area contributed by atoms with Crippen molar-refractivity contribution in [2.24, 2.45) is 5.11 Å². The molecule has 1 atom stereocenters. The summed E-state index contributed by atoms with van der Waals surface area (Å²) in [6, 6.07) is 3.25. The minimum atomic E-state index is -0.294. The Balaban J connectivity index is 2.81. The van der Waals surface area contributed by atoms with Crippen molar-refractivity contribution in [2.45, 2.75) is 12.5 Å². The Morgan fingerprint density at radius 1 is 1.54 bits per heavy atom. The van der Waals surface area contributed by atoms with Gasteiger partial charge in [0, 0.05) is 23.9 Å². The van der Waals surface area contributed by atoms with Crippen molar-refractivity contribution >= 4 is 0 Å². The lowest BCUT2D eigenvalue weighted by molar-refractivity contribution is 0.276. The molecule has 0 radical (unpaired) electrons. The number of azide groups is 1. The van der Waals surface area contributed by atoms with E-state index in [1.165, 1.54) is 0 Å². The lowest BCUT2D eigenvalue weighted by atomic mass is 10.1. The molecule has 0 bridgehead atoms. The summed E-state index contributed by atoms with van der Waals surface area (Å²) in [5.41, 5.74) is 9.16. The van der Waals surface area contributed by atoms with Gasteiger partial charge in [-0.2, -0.15) is 0 Å². The number of rotatable bonds is 4. The third-order valence-corrected chi connectivity index (χ3v) is 1.68. The van der Waals surface area contributed by atoms with Crippen molar-refractivity contribution in [3.63, 3.8) is 0 Å². The number of hydrogen-bond acceptors (Lipinski definition) is 3. The zero-order valence-electron chi connectivity index (χ0n) is 7.04. The summed E-state index contributed by atoms with van der Waals surface area (Å²) >= 11 is 0. The van der Waals surface area contributed by atoms with Gasteiger partial charge in [0.25, 0.3) is 0 Å². The van der Waals surface area contributed by atoms with E-state index in [0.29, 0.717) is 6.42 Å². The summed E-state index contributed by atoms with van der Waals surface area (Å²) in [6.07, 6.45) is 3.70. The molecule has 1 heterocycles. The second kappa shape index (κ2) is 5.13. The van der Waals surface area contributed by atoms with E-state index >= 15 is 0 Å². The van der Waals surface area contributed by atoms with Crippen molar-refractivity contribution in [3.05, 3.63) is 40.5 Å². The highest BCUT2D eigenvalue weighted by molar-refractivity contribution is 5.14. The molecule has 13 heavy (non-hydrogen) atoms. The van der Waals surface area contributed by atoms with Crippen molar-refractivity contribution < 1.29 is 5.11 Å². The van der Waals surface area contributed by atoms with Gasteiger partial charge in [0.05, 0.1) is 6.04 Å². The molecule has 5 nitrogen and oxygen atoms in total. The highest BCUT2D eigenvalue weighted by atomic mass is 16.3. The molecule has 1 aromatic rings. The lowest BCUT2D eigenvalue weighted by Gasteiger charge is -2.08. The fraction of sp³-hybridized carbons (Fsp3) is 0.375. The van der Waals surface area contributed by atoms with Crippen molar-refractivity contribution in [1.82, 2.24) is 4.98 Å². The number of aliphatic hydroxyl groups excluding tert-OH is 1. The molecule has 0 saturated carbocycles. The first-order valence-corrected chi connectivity index (χ1v) is 3.93. The second-order valence-corrected chi connectivity index (χ2v) is 2.51. The van der Waals surface area contributed by atoms with E-state index in [9.17, 15) is 0 Å². The van der Waals surface area contributed by atoms with Crippen LogP contribution in [0, 0.1) is 0 Å². The first-order chi connectivity index (χ1) is 6.38. The van der Waals surface area contributed by atoms with E-state index in [2.05, 4.69) is 15.0 Å². The molecule has 0 saturated heterocycles. The van der Waals surface area contributed by atoms with Crippen LogP contribution < -0.4 is 0 Å². The van der Waals surface area contributed by atoms with E-state index in [0.717, 1.165) is 5.56 Å². The lowest BCUT2D eigenvalue weighted by Crippen LogP contribution is -1.97. The molecule has 1 aromatic heterocycles. The Morgan fingerprint density at radius 2 is 2.23 bits per heavy atom. The Morgan fingerprint density at radius 3 is 2.77 bits per heavy atom. The van der Waals surface area contributed by atoms with E-state index in [1.807, 2.05) is 0 Å². The molecule has 1 N–H and O–H groups in total. The summed E-state index contributed by atoms with van der Waals surface area (Å²) in [4.78, 5) is 6.58. The first kappa shape index (κ1) is 9.51. The standard InChI is InChI=1S/C8H10N4O/c9-12-11-8(3-6-13)7-1-4-10-5-2-7/h1-2,4-5,8,13H,3,6H2. The largest absolute Gasteiger partial charge is 0.396 e. The molecule has 0 aliphatic carbocycles. The molecular formula is C8H10N4O. The average molecular weight is 178 g/mol. The van der Waals surface area contributed by atoms with Crippen molar-refractivity contribution in [2.75, 3.05) is 6.61 Å². The molecular weight excluding hydrogens is 168 g/mol. The quantitative estimate of drug-likeness (QED) is 0.433. The molecule has 0 fully saturated rings. The maximum absolute atomic E-state index is 8.73. The Bertz CT molecular complexity index is 294. The summed E-state index contributed by atoms with van der Waals surface area (Å²) in [6.45, 7) is 0.00596. The van der Waals surface area contributed by atoms with Crippen LogP contribution in [0.5, 0.6) is 0 Å². The topological polar surface area (TPSA) is 81.9 Å². The van der Waals surface area contributed by atoms with Crippen LogP contribution in [0.1, 0.15) is 18.0 Å². The van der Waals surface area contributed by atoms with E-state index in [-0.39, 0.29) is 12.6 Å². The summed E-state index contributed by atoms with van der Waals surface area (Å²) in [7, 11) is 0. The highest BCUT2D eigenvalue weighted by Crippen LogP contribution is 2.19. The minimum Gasteiger partial charge on any atom is -0.396 e. The van der Waals surface area contributed by atoms with Crippen LogP contribution >= 0.6 is 0 Å². The van der Waals surface area contributed by atoms with Crippen LogP contribution in [0.4, 0.5) is 0 Å². The normalized spacial score (nSPS) is 11.8. The molecule has 0 aromatic carbocycles. The van der Waals surface area contributed by atoms with Gasteiger partial charge in [-0.15, -0.1) is 0 Å². The molecule has 0 amide bonds. The Labute approximate surface area is 75.7 Å². The van der Waals surface area contributed by atoms with Gasteiger partial charge < -0.3 is 5.11 Å². The van der Waals surface area contributed by atoms with Gasteiger partial charge in [-0.1, -0.05) is 5.11 Å². The fourth-order valence-corrected chi connectivity index (χ4v) is 1.06. The zero-order chi connectivity index (χ0) is 9.52. The predicted molar refractivity (Wildman–Crippen MR) is 47.8 cm³/mol. The van der Waals surface area contributed by atoms with Gasteiger partial charge in [0.2, 0.25) is 0 Å². The van der Waals surface area contributed by atoms with Crippen LogP contribution in [-0.4, -0.2) is 16.7 Å². The zero-order valence-corrected chi connectivity index (χ0v) is 7.04. The maximum atomic E-state index is 8.73. The molecule has 0 spiro atoms. The molecule has 5 heteroatoms. The number of nitrogens with zero attached hydrogens (tertiary/aromatic N) is 4. The number of aliphatic hydroxyl groups is 1. The van der Waals surface area contributed by atoms with Crippen molar-refractivity contribution in [1.29, 1.82) is 0 Å². The van der Waals surface area contributed by atoms with Gasteiger partial charge in [-0.05, 0) is 29.6 Å². The van der Waals surface area contributed by atoms with Crippen molar-refractivity contribution in [3.8, 4) is 0 Å². The highest BCUT2D eigenvalue weighted by Gasteiger charge is 2.07. The maximum Gasteiger partial charge on any atom is 0.0648 e. The number of aromatic nitrogens is 1.